The third-order valence-electron chi connectivity index (χ3n) is 3.71. The highest BCUT2D eigenvalue weighted by Gasteiger charge is 2.24. The SMILES string of the molecule is COc1c(C)cnc(CNC(CCCl)C(C)(C)C)c1C. The summed E-state index contributed by atoms with van der Waals surface area (Å²) < 4.78 is 5.45. The van der Waals surface area contributed by atoms with E-state index >= 15 is 0 Å². The third kappa shape index (κ3) is 4.35. The van der Waals surface area contributed by atoms with Crippen molar-refractivity contribution in [3.05, 3.63) is 23.0 Å². The van der Waals surface area contributed by atoms with Crippen molar-refractivity contribution in [1.82, 2.24) is 10.3 Å². The van der Waals surface area contributed by atoms with Crippen LogP contribution >= 0.6 is 11.6 Å². The van der Waals surface area contributed by atoms with E-state index in [1.807, 2.05) is 13.1 Å². The number of aryl methyl sites for hydroxylation is 1. The van der Waals surface area contributed by atoms with Crippen molar-refractivity contribution in [1.29, 1.82) is 0 Å². The molecule has 1 atom stereocenters. The summed E-state index contributed by atoms with van der Waals surface area (Å²) in [6.45, 7) is 11.5. The van der Waals surface area contributed by atoms with E-state index in [9.17, 15) is 0 Å². The molecule has 0 saturated carbocycles. The van der Waals surface area contributed by atoms with Crippen LogP contribution in [-0.2, 0) is 6.54 Å². The second-order valence-electron chi connectivity index (χ2n) is 6.32. The number of pyridine rings is 1. The van der Waals surface area contributed by atoms with Crippen LogP contribution in [0.3, 0.4) is 0 Å². The van der Waals surface area contributed by atoms with Gasteiger partial charge in [0.1, 0.15) is 5.75 Å². The lowest BCUT2D eigenvalue weighted by molar-refractivity contribution is 0.259. The summed E-state index contributed by atoms with van der Waals surface area (Å²) in [6.07, 6.45) is 2.82. The molecular weight excluding hydrogens is 272 g/mol. The van der Waals surface area contributed by atoms with E-state index < -0.39 is 0 Å². The van der Waals surface area contributed by atoms with Crippen LogP contribution in [0.25, 0.3) is 0 Å². The molecule has 0 aliphatic carbocycles. The molecule has 0 fully saturated rings. The minimum absolute atomic E-state index is 0.178. The normalized spacial score (nSPS) is 13.3. The Morgan fingerprint density at radius 3 is 2.50 bits per heavy atom. The fourth-order valence-electron chi connectivity index (χ4n) is 2.42. The summed E-state index contributed by atoms with van der Waals surface area (Å²) in [7, 11) is 1.71. The molecule has 1 heterocycles. The summed E-state index contributed by atoms with van der Waals surface area (Å²) in [5, 5.41) is 3.59. The standard InChI is InChI=1S/C16H27ClN2O/c1-11-9-18-13(12(2)15(11)20-6)10-19-14(7-8-17)16(3,4)5/h9,14,19H,7-8,10H2,1-6H3. The van der Waals surface area contributed by atoms with Crippen LogP contribution in [0, 0.1) is 19.3 Å². The van der Waals surface area contributed by atoms with Gasteiger partial charge >= 0.3 is 0 Å². The average Bonchev–Trinajstić information content (AvgIpc) is 2.35. The molecule has 0 aliphatic heterocycles. The number of ether oxygens (including phenoxy) is 1. The van der Waals surface area contributed by atoms with Gasteiger partial charge in [0.25, 0.3) is 0 Å². The topological polar surface area (TPSA) is 34.1 Å². The summed E-state index contributed by atoms with van der Waals surface area (Å²) in [5.74, 6) is 1.60. The number of halogens is 1. The Balaban J connectivity index is 2.83. The fraction of sp³-hybridized carbons (Fsp3) is 0.688. The molecule has 1 rings (SSSR count). The quantitative estimate of drug-likeness (QED) is 0.810. The molecule has 0 spiro atoms. The Kier molecular flexibility index (Phi) is 6.28. The molecule has 3 nitrogen and oxygen atoms in total. The molecule has 0 aliphatic rings. The van der Waals surface area contributed by atoms with Gasteiger partial charge in [-0.1, -0.05) is 20.8 Å². The highest BCUT2D eigenvalue weighted by Crippen LogP contribution is 2.26. The molecule has 0 bridgehead atoms. The maximum Gasteiger partial charge on any atom is 0.128 e. The Bertz CT molecular complexity index is 441. The predicted octanol–water partition coefficient (Wildman–Crippen LogP) is 3.84. The maximum atomic E-state index is 5.91. The first kappa shape index (κ1) is 17.3. The number of nitrogens with one attached hydrogen (secondary N) is 1. The van der Waals surface area contributed by atoms with Crippen molar-refractivity contribution in [3.8, 4) is 5.75 Å². The van der Waals surface area contributed by atoms with E-state index in [2.05, 4.69) is 38.0 Å². The highest BCUT2D eigenvalue weighted by atomic mass is 35.5. The second kappa shape index (κ2) is 7.28. The molecule has 0 aromatic carbocycles. The molecule has 0 amide bonds. The lowest BCUT2D eigenvalue weighted by atomic mass is 9.85. The van der Waals surface area contributed by atoms with E-state index in [-0.39, 0.29) is 5.41 Å². The number of rotatable bonds is 6. The number of methoxy groups -OCH3 is 1. The average molecular weight is 299 g/mol. The van der Waals surface area contributed by atoms with E-state index in [1.54, 1.807) is 7.11 Å². The highest BCUT2D eigenvalue weighted by molar-refractivity contribution is 6.17. The molecule has 1 aromatic rings. The molecule has 4 heteroatoms. The van der Waals surface area contributed by atoms with Gasteiger partial charge in [-0.2, -0.15) is 0 Å². The monoisotopic (exact) mass is 298 g/mol. The van der Waals surface area contributed by atoms with Crippen LogP contribution in [0.15, 0.2) is 6.20 Å². The molecule has 1 unspecified atom stereocenters. The first-order valence-electron chi connectivity index (χ1n) is 7.09. The predicted molar refractivity (Wildman–Crippen MR) is 85.7 cm³/mol. The smallest absolute Gasteiger partial charge is 0.128 e. The van der Waals surface area contributed by atoms with Crippen molar-refractivity contribution in [2.75, 3.05) is 13.0 Å². The van der Waals surface area contributed by atoms with E-state index in [0.717, 1.165) is 35.5 Å². The van der Waals surface area contributed by atoms with Crippen molar-refractivity contribution in [2.24, 2.45) is 5.41 Å². The van der Waals surface area contributed by atoms with E-state index in [4.69, 9.17) is 16.3 Å². The van der Waals surface area contributed by atoms with Crippen molar-refractivity contribution in [3.63, 3.8) is 0 Å². The van der Waals surface area contributed by atoms with Gasteiger partial charge in [-0.25, -0.2) is 0 Å². The Morgan fingerprint density at radius 1 is 1.35 bits per heavy atom. The Morgan fingerprint density at radius 2 is 2.00 bits per heavy atom. The van der Waals surface area contributed by atoms with Crippen LogP contribution in [-0.4, -0.2) is 24.0 Å². The van der Waals surface area contributed by atoms with Gasteiger partial charge in [0, 0.05) is 35.8 Å². The number of hydrogen-bond acceptors (Lipinski definition) is 3. The molecule has 114 valence electrons. The second-order valence-corrected chi connectivity index (χ2v) is 6.70. The van der Waals surface area contributed by atoms with Crippen LogP contribution in [0.4, 0.5) is 0 Å². The first-order chi connectivity index (χ1) is 9.31. The van der Waals surface area contributed by atoms with Gasteiger partial charge in [-0.05, 0) is 25.7 Å². The minimum Gasteiger partial charge on any atom is -0.496 e. The Labute approximate surface area is 128 Å². The third-order valence-corrected chi connectivity index (χ3v) is 3.93. The van der Waals surface area contributed by atoms with Crippen LogP contribution in [0.5, 0.6) is 5.75 Å². The minimum atomic E-state index is 0.178. The Hall–Kier alpha value is -0.800. The van der Waals surface area contributed by atoms with Gasteiger partial charge in [0.2, 0.25) is 0 Å². The van der Waals surface area contributed by atoms with Crippen molar-refractivity contribution >= 4 is 11.6 Å². The molecular formula is C16H27ClN2O. The number of hydrogen-bond donors (Lipinski definition) is 1. The van der Waals surface area contributed by atoms with Gasteiger partial charge in [-0.15, -0.1) is 11.6 Å². The van der Waals surface area contributed by atoms with Gasteiger partial charge < -0.3 is 10.1 Å². The van der Waals surface area contributed by atoms with Crippen LogP contribution in [0.1, 0.15) is 44.0 Å². The largest absolute Gasteiger partial charge is 0.496 e. The van der Waals surface area contributed by atoms with Crippen molar-refractivity contribution in [2.45, 2.75) is 53.6 Å². The summed E-state index contributed by atoms with van der Waals surface area (Å²) in [4.78, 5) is 4.53. The van der Waals surface area contributed by atoms with Gasteiger partial charge in [0.05, 0.1) is 12.8 Å². The van der Waals surface area contributed by atoms with Crippen molar-refractivity contribution < 1.29 is 4.74 Å². The van der Waals surface area contributed by atoms with E-state index in [0.29, 0.717) is 11.9 Å². The summed E-state index contributed by atoms with van der Waals surface area (Å²) in [6, 6.07) is 0.369. The van der Waals surface area contributed by atoms with E-state index in [1.165, 1.54) is 0 Å². The van der Waals surface area contributed by atoms with Gasteiger partial charge in [0.15, 0.2) is 0 Å². The zero-order chi connectivity index (χ0) is 15.3. The zero-order valence-electron chi connectivity index (χ0n) is 13.5. The molecule has 20 heavy (non-hydrogen) atoms. The lowest BCUT2D eigenvalue weighted by Gasteiger charge is -2.31. The van der Waals surface area contributed by atoms with Crippen LogP contribution in [0.2, 0.25) is 0 Å². The molecule has 0 radical (unpaired) electrons. The molecule has 1 aromatic heterocycles. The maximum absolute atomic E-state index is 5.91. The summed E-state index contributed by atoms with van der Waals surface area (Å²) >= 11 is 5.91. The number of aromatic nitrogens is 1. The summed E-state index contributed by atoms with van der Waals surface area (Å²) in [5.41, 5.74) is 3.40. The molecule has 0 saturated heterocycles. The number of alkyl halides is 1. The lowest BCUT2D eigenvalue weighted by Crippen LogP contribution is -2.40. The van der Waals surface area contributed by atoms with Gasteiger partial charge in [-0.3, -0.25) is 4.98 Å². The molecule has 1 N–H and O–H groups in total. The van der Waals surface area contributed by atoms with Crippen LogP contribution < -0.4 is 10.1 Å². The fourth-order valence-corrected chi connectivity index (χ4v) is 2.64. The zero-order valence-corrected chi connectivity index (χ0v) is 14.3. The first-order valence-corrected chi connectivity index (χ1v) is 7.63. The number of nitrogens with zero attached hydrogens (tertiary/aromatic N) is 1.